The fraction of sp³-hybridized carbons (Fsp3) is 0.200. The number of Topliss-reactive ketones (excluding diaryl/α,β-unsaturated/α-hetero) is 2. The maximum atomic E-state index is 12.4. The minimum Gasteiger partial charge on any atom is -0.507 e. The third-order valence-electron chi connectivity index (χ3n) is 4.41. The molecule has 3 nitrogen and oxygen atoms in total. The van der Waals surface area contributed by atoms with Crippen molar-refractivity contribution in [1.82, 2.24) is 0 Å². The molecule has 0 amide bonds. The molecule has 1 atom stereocenters. The summed E-state index contributed by atoms with van der Waals surface area (Å²) in [4.78, 5) is 24.7. The molecule has 3 rings (SSSR count). The Hall–Kier alpha value is -2.68. The highest BCUT2D eigenvalue weighted by Gasteiger charge is 2.33. The van der Waals surface area contributed by atoms with E-state index in [-0.39, 0.29) is 22.8 Å². The fourth-order valence-corrected chi connectivity index (χ4v) is 3.08. The number of ketones is 2. The van der Waals surface area contributed by atoms with E-state index in [1.165, 1.54) is 0 Å². The molecule has 0 aromatic heterocycles. The predicted molar refractivity (Wildman–Crippen MR) is 89.4 cm³/mol. The van der Waals surface area contributed by atoms with Crippen LogP contribution < -0.4 is 0 Å². The van der Waals surface area contributed by atoms with Gasteiger partial charge in [-0.05, 0) is 24.3 Å². The summed E-state index contributed by atoms with van der Waals surface area (Å²) in [5, 5.41) is 10.5. The van der Waals surface area contributed by atoms with E-state index in [1.54, 1.807) is 24.3 Å². The molecule has 116 valence electrons. The number of hydrogen-bond donors (Lipinski definition) is 1. The highest BCUT2D eigenvalue weighted by molar-refractivity contribution is 6.52. The van der Waals surface area contributed by atoms with E-state index in [4.69, 9.17) is 0 Å². The van der Waals surface area contributed by atoms with Gasteiger partial charge in [-0.25, -0.2) is 0 Å². The van der Waals surface area contributed by atoms with Crippen molar-refractivity contribution in [2.45, 2.75) is 25.7 Å². The van der Waals surface area contributed by atoms with Crippen LogP contribution in [0.3, 0.4) is 0 Å². The predicted octanol–water partition coefficient (Wildman–Crippen LogP) is 4.31. The van der Waals surface area contributed by atoms with E-state index in [2.05, 4.69) is 0 Å². The first-order chi connectivity index (χ1) is 11.1. The van der Waals surface area contributed by atoms with Crippen LogP contribution in [0.15, 0.2) is 60.2 Å². The van der Waals surface area contributed by atoms with E-state index < -0.39 is 11.6 Å². The molecule has 1 aliphatic carbocycles. The molecule has 2 aromatic carbocycles. The Morgan fingerprint density at radius 3 is 2.13 bits per heavy atom. The standard InChI is InChI=1S/C20H18O3/c1-2-13(14-8-4-3-5-9-14)12-17-18(21)15-10-6-7-11-16(15)19(22)20(17)23/h3-11,13,21H,2,12H2,1H3. The van der Waals surface area contributed by atoms with Gasteiger partial charge in [-0.2, -0.15) is 0 Å². The largest absolute Gasteiger partial charge is 0.507 e. The van der Waals surface area contributed by atoms with E-state index in [1.807, 2.05) is 37.3 Å². The number of aliphatic hydroxyl groups is 1. The highest BCUT2D eigenvalue weighted by atomic mass is 16.3. The number of carbonyl (C=O) groups excluding carboxylic acids is 2. The molecule has 0 spiro atoms. The fourth-order valence-electron chi connectivity index (χ4n) is 3.08. The Morgan fingerprint density at radius 2 is 1.48 bits per heavy atom. The van der Waals surface area contributed by atoms with Gasteiger partial charge in [-0.15, -0.1) is 0 Å². The molecule has 0 heterocycles. The zero-order chi connectivity index (χ0) is 16.4. The molecule has 2 aromatic rings. The number of aliphatic hydroxyl groups excluding tert-OH is 1. The maximum absolute atomic E-state index is 12.4. The lowest BCUT2D eigenvalue weighted by molar-refractivity contribution is -0.112. The lowest BCUT2D eigenvalue weighted by atomic mass is 9.81. The maximum Gasteiger partial charge on any atom is 0.234 e. The minimum atomic E-state index is -0.587. The van der Waals surface area contributed by atoms with Crippen LogP contribution in [0.1, 0.15) is 47.2 Å². The van der Waals surface area contributed by atoms with Gasteiger partial charge in [0.25, 0.3) is 0 Å². The molecule has 0 fully saturated rings. The first-order valence-corrected chi connectivity index (χ1v) is 7.79. The van der Waals surface area contributed by atoms with Crippen LogP contribution in [0.4, 0.5) is 0 Å². The topological polar surface area (TPSA) is 54.4 Å². The van der Waals surface area contributed by atoms with Crippen molar-refractivity contribution >= 4 is 17.3 Å². The molecule has 1 unspecified atom stereocenters. The summed E-state index contributed by atoms with van der Waals surface area (Å²) in [6, 6.07) is 16.6. The molecule has 0 radical (unpaired) electrons. The molecule has 0 saturated heterocycles. The van der Waals surface area contributed by atoms with E-state index in [0.717, 1.165) is 12.0 Å². The summed E-state index contributed by atoms with van der Waals surface area (Å²) in [6.07, 6.45) is 1.19. The molecule has 1 aliphatic rings. The van der Waals surface area contributed by atoms with Gasteiger partial charge in [0.15, 0.2) is 0 Å². The lowest BCUT2D eigenvalue weighted by Gasteiger charge is -2.21. The van der Waals surface area contributed by atoms with Crippen LogP contribution in [0.25, 0.3) is 5.76 Å². The minimum absolute atomic E-state index is 0.0559. The van der Waals surface area contributed by atoms with Crippen LogP contribution >= 0.6 is 0 Å². The van der Waals surface area contributed by atoms with Crippen LogP contribution in [0, 0.1) is 0 Å². The van der Waals surface area contributed by atoms with Crippen LogP contribution in [-0.4, -0.2) is 16.7 Å². The van der Waals surface area contributed by atoms with Crippen molar-refractivity contribution in [3.8, 4) is 0 Å². The Bertz CT molecular complexity index is 788. The number of benzene rings is 2. The lowest BCUT2D eigenvalue weighted by Crippen LogP contribution is -2.25. The van der Waals surface area contributed by atoms with Crippen molar-refractivity contribution in [2.24, 2.45) is 0 Å². The summed E-state index contributed by atoms with van der Waals surface area (Å²) in [5.74, 6) is -1.08. The number of hydrogen-bond acceptors (Lipinski definition) is 3. The Labute approximate surface area is 135 Å². The van der Waals surface area contributed by atoms with Crippen molar-refractivity contribution < 1.29 is 14.7 Å². The van der Waals surface area contributed by atoms with E-state index >= 15 is 0 Å². The number of carbonyl (C=O) groups is 2. The van der Waals surface area contributed by atoms with Gasteiger partial charge in [0.2, 0.25) is 11.6 Å². The summed E-state index contributed by atoms with van der Waals surface area (Å²) < 4.78 is 0. The second-order valence-electron chi connectivity index (χ2n) is 5.75. The SMILES string of the molecule is CCC(CC1=C(O)c2ccccc2C(=O)C1=O)c1ccccc1. The average Bonchev–Trinajstić information content (AvgIpc) is 2.61. The molecular formula is C20H18O3. The first-order valence-electron chi connectivity index (χ1n) is 7.79. The molecule has 3 heteroatoms. The number of fused-ring (bicyclic) bond motifs is 1. The summed E-state index contributed by atoms with van der Waals surface area (Å²) in [7, 11) is 0. The Kier molecular flexibility index (Phi) is 4.11. The Balaban J connectivity index is 2.01. The third-order valence-corrected chi connectivity index (χ3v) is 4.41. The second-order valence-corrected chi connectivity index (χ2v) is 5.75. The van der Waals surface area contributed by atoms with Crippen LogP contribution in [-0.2, 0) is 4.79 Å². The summed E-state index contributed by atoms with van der Waals surface area (Å²) >= 11 is 0. The summed E-state index contributed by atoms with van der Waals surface area (Å²) in [6.45, 7) is 2.04. The van der Waals surface area contributed by atoms with Gasteiger partial charge in [0.1, 0.15) is 5.76 Å². The monoisotopic (exact) mass is 306 g/mol. The number of rotatable bonds is 4. The molecule has 23 heavy (non-hydrogen) atoms. The normalized spacial score (nSPS) is 15.5. The molecule has 0 aliphatic heterocycles. The van der Waals surface area contributed by atoms with Gasteiger partial charge in [-0.1, -0.05) is 61.5 Å². The van der Waals surface area contributed by atoms with Gasteiger partial charge in [0, 0.05) is 16.7 Å². The van der Waals surface area contributed by atoms with E-state index in [9.17, 15) is 14.7 Å². The molecule has 0 bridgehead atoms. The van der Waals surface area contributed by atoms with Crippen molar-refractivity contribution in [1.29, 1.82) is 0 Å². The van der Waals surface area contributed by atoms with E-state index in [0.29, 0.717) is 12.0 Å². The second kappa shape index (κ2) is 6.21. The van der Waals surface area contributed by atoms with Gasteiger partial charge in [0.05, 0.1) is 0 Å². The van der Waals surface area contributed by atoms with Gasteiger partial charge >= 0.3 is 0 Å². The average molecular weight is 306 g/mol. The number of allylic oxidation sites excluding steroid dienone is 1. The zero-order valence-corrected chi connectivity index (χ0v) is 13.0. The first kappa shape index (κ1) is 15.2. The molecular weight excluding hydrogens is 288 g/mol. The zero-order valence-electron chi connectivity index (χ0n) is 13.0. The van der Waals surface area contributed by atoms with Crippen molar-refractivity contribution in [2.75, 3.05) is 0 Å². The highest BCUT2D eigenvalue weighted by Crippen LogP contribution is 2.34. The van der Waals surface area contributed by atoms with Gasteiger partial charge in [-0.3, -0.25) is 9.59 Å². The van der Waals surface area contributed by atoms with Gasteiger partial charge < -0.3 is 5.11 Å². The third kappa shape index (κ3) is 2.70. The van der Waals surface area contributed by atoms with Crippen molar-refractivity contribution in [3.05, 3.63) is 76.9 Å². The molecule has 0 saturated carbocycles. The van der Waals surface area contributed by atoms with Crippen LogP contribution in [0.5, 0.6) is 0 Å². The Morgan fingerprint density at radius 1 is 0.870 bits per heavy atom. The smallest absolute Gasteiger partial charge is 0.234 e. The quantitative estimate of drug-likeness (QED) is 0.857. The molecule has 1 N–H and O–H groups in total. The van der Waals surface area contributed by atoms with Crippen molar-refractivity contribution in [3.63, 3.8) is 0 Å². The van der Waals surface area contributed by atoms with Crippen LogP contribution in [0.2, 0.25) is 0 Å². The summed E-state index contributed by atoms with van der Waals surface area (Å²) in [5.41, 5.74) is 2.07.